The van der Waals surface area contributed by atoms with Gasteiger partial charge in [0.25, 0.3) is 0 Å². The highest BCUT2D eigenvalue weighted by atomic mass is 28.3. The molecule has 0 unspecified atom stereocenters. The predicted octanol–water partition coefficient (Wildman–Crippen LogP) is 1.14. The lowest BCUT2D eigenvalue weighted by Crippen LogP contribution is -2.42. The Labute approximate surface area is 74.2 Å². The lowest BCUT2D eigenvalue weighted by Gasteiger charge is -2.27. The highest BCUT2D eigenvalue weighted by Gasteiger charge is 2.40. The van der Waals surface area contributed by atoms with Gasteiger partial charge in [0.1, 0.15) is 6.04 Å². The molecule has 12 heavy (non-hydrogen) atoms. The van der Waals surface area contributed by atoms with Crippen LogP contribution in [0.5, 0.6) is 0 Å². The highest BCUT2D eigenvalue weighted by molar-refractivity contribution is 6.78. The Kier molecular flexibility index (Phi) is 2.58. The molecular weight excluding hydrogens is 170 g/mol. The monoisotopic (exact) mass is 187 g/mol. The molecule has 1 saturated heterocycles. The number of hydrogen-bond acceptors (Lipinski definition) is 2. The van der Waals surface area contributed by atoms with Crippen LogP contribution in [0.1, 0.15) is 6.42 Å². The molecule has 0 aromatic rings. The van der Waals surface area contributed by atoms with Crippen LogP contribution in [0.25, 0.3) is 0 Å². The van der Waals surface area contributed by atoms with Crippen LogP contribution in [0, 0.1) is 0 Å². The molecule has 4 heteroatoms. The summed E-state index contributed by atoms with van der Waals surface area (Å²) in [5, 5.41) is 12.0. The molecule has 1 rings (SSSR count). The third-order valence-corrected chi connectivity index (χ3v) is 5.45. The molecule has 1 fully saturated rings. The molecule has 0 saturated carbocycles. The topological polar surface area (TPSA) is 49.3 Å². The zero-order chi connectivity index (χ0) is 9.35. The quantitative estimate of drug-likeness (QED) is 0.637. The van der Waals surface area contributed by atoms with Crippen LogP contribution in [0.4, 0.5) is 0 Å². The molecule has 0 aliphatic carbocycles. The maximum atomic E-state index is 10.8. The molecule has 3 nitrogen and oxygen atoms in total. The first-order chi connectivity index (χ1) is 5.43. The van der Waals surface area contributed by atoms with Crippen molar-refractivity contribution in [1.29, 1.82) is 0 Å². The molecule has 70 valence electrons. The molecule has 0 amide bonds. The van der Waals surface area contributed by atoms with E-state index < -0.39 is 14.0 Å². The van der Waals surface area contributed by atoms with Crippen molar-refractivity contribution in [3.63, 3.8) is 0 Å². The van der Waals surface area contributed by atoms with Crippen molar-refractivity contribution in [2.45, 2.75) is 37.6 Å². The van der Waals surface area contributed by atoms with Gasteiger partial charge in [-0.2, -0.15) is 0 Å². The minimum Gasteiger partial charge on any atom is -0.480 e. The number of rotatable bonds is 2. The van der Waals surface area contributed by atoms with Crippen LogP contribution in [-0.4, -0.2) is 31.7 Å². The Balaban J connectivity index is 2.71. The molecule has 1 aliphatic heterocycles. The molecule has 2 atom stereocenters. The number of carbonyl (C=O) groups is 1. The van der Waals surface area contributed by atoms with Gasteiger partial charge in [-0.15, -0.1) is 0 Å². The summed E-state index contributed by atoms with van der Waals surface area (Å²) in [5.41, 5.74) is 0.398. The molecule has 0 aromatic heterocycles. The Morgan fingerprint density at radius 3 is 2.42 bits per heavy atom. The van der Waals surface area contributed by atoms with Gasteiger partial charge < -0.3 is 10.4 Å². The van der Waals surface area contributed by atoms with Crippen LogP contribution in [0.3, 0.4) is 0 Å². The van der Waals surface area contributed by atoms with Crippen molar-refractivity contribution >= 4 is 14.0 Å². The van der Waals surface area contributed by atoms with Crippen LogP contribution in [-0.2, 0) is 4.79 Å². The van der Waals surface area contributed by atoms with Crippen LogP contribution < -0.4 is 5.32 Å². The summed E-state index contributed by atoms with van der Waals surface area (Å²) in [5.74, 6) is -0.681. The first kappa shape index (κ1) is 9.73. The predicted molar refractivity (Wildman–Crippen MR) is 51.1 cm³/mol. The number of hydrogen-bond donors (Lipinski definition) is 2. The fraction of sp³-hybridized carbons (Fsp3) is 0.875. The van der Waals surface area contributed by atoms with E-state index in [1.54, 1.807) is 0 Å². The lowest BCUT2D eigenvalue weighted by atomic mass is 10.2. The van der Waals surface area contributed by atoms with E-state index in [0.29, 0.717) is 5.54 Å². The molecule has 0 bridgehead atoms. The second-order valence-electron chi connectivity index (χ2n) is 4.53. The Hall–Kier alpha value is -0.353. The smallest absolute Gasteiger partial charge is 0.320 e. The van der Waals surface area contributed by atoms with Gasteiger partial charge in [-0.05, 0) is 18.5 Å². The number of aliphatic carboxylic acids is 1. The van der Waals surface area contributed by atoms with Crippen LogP contribution in [0.15, 0.2) is 0 Å². The Morgan fingerprint density at radius 2 is 2.08 bits per heavy atom. The van der Waals surface area contributed by atoms with E-state index in [1.807, 2.05) is 0 Å². The van der Waals surface area contributed by atoms with Crippen molar-refractivity contribution in [1.82, 2.24) is 5.32 Å². The van der Waals surface area contributed by atoms with Gasteiger partial charge in [-0.3, -0.25) is 4.79 Å². The van der Waals surface area contributed by atoms with Gasteiger partial charge in [0.2, 0.25) is 0 Å². The zero-order valence-electron chi connectivity index (χ0n) is 7.92. The molecular formula is C8H17NO2Si. The van der Waals surface area contributed by atoms with E-state index in [0.717, 1.165) is 13.0 Å². The van der Waals surface area contributed by atoms with Crippen molar-refractivity contribution in [2.75, 3.05) is 6.54 Å². The first-order valence-corrected chi connectivity index (χ1v) is 7.97. The summed E-state index contributed by atoms with van der Waals surface area (Å²) in [6.45, 7) is 7.58. The standard InChI is InChI=1S/C8H17NO2Si/c1-12(2,3)6-4-5-9-7(6)8(10)11/h6-7,9H,4-5H2,1-3H3,(H,10,11)/t6-,7+/m0/s1. The maximum Gasteiger partial charge on any atom is 0.320 e. The van der Waals surface area contributed by atoms with E-state index in [-0.39, 0.29) is 6.04 Å². The van der Waals surface area contributed by atoms with Crippen LogP contribution in [0.2, 0.25) is 25.2 Å². The summed E-state index contributed by atoms with van der Waals surface area (Å²) in [6.07, 6.45) is 1.03. The fourth-order valence-electron chi connectivity index (χ4n) is 1.90. The minimum atomic E-state index is -1.29. The van der Waals surface area contributed by atoms with Crippen molar-refractivity contribution in [3.05, 3.63) is 0 Å². The second-order valence-corrected chi connectivity index (χ2v) is 10.0. The van der Waals surface area contributed by atoms with E-state index in [9.17, 15) is 4.79 Å². The zero-order valence-corrected chi connectivity index (χ0v) is 8.92. The van der Waals surface area contributed by atoms with E-state index in [1.165, 1.54) is 0 Å². The van der Waals surface area contributed by atoms with Gasteiger partial charge in [0, 0.05) is 8.07 Å². The average Bonchev–Trinajstić information content (AvgIpc) is 2.30. The van der Waals surface area contributed by atoms with E-state index in [2.05, 4.69) is 25.0 Å². The maximum absolute atomic E-state index is 10.8. The summed E-state index contributed by atoms with van der Waals surface area (Å²) >= 11 is 0. The first-order valence-electron chi connectivity index (χ1n) is 4.39. The van der Waals surface area contributed by atoms with Crippen molar-refractivity contribution in [2.24, 2.45) is 0 Å². The number of carboxylic acids is 1. The van der Waals surface area contributed by atoms with E-state index >= 15 is 0 Å². The van der Waals surface area contributed by atoms with Crippen LogP contribution >= 0.6 is 0 Å². The normalized spacial score (nSPS) is 30.6. The van der Waals surface area contributed by atoms with Crippen molar-refractivity contribution < 1.29 is 9.90 Å². The molecule has 0 radical (unpaired) electrons. The van der Waals surface area contributed by atoms with Gasteiger partial charge in [-0.25, -0.2) is 0 Å². The second kappa shape index (κ2) is 3.18. The van der Waals surface area contributed by atoms with Gasteiger partial charge in [0.05, 0.1) is 0 Å². The van der Waals surface area contributed by atoms with E-state index in [4.69, 9.17) is 5.11 Å². The largest absolute Gasteiger partial charge is 0.480 e. The molecule has 2 N–H and O–H groups in total. The van der Waals surface area contributed by atoms with Gasteiger partial charge in [0.15, 0.2) is 0 Å². The Morgan fingerprint density at radius 1 is 1.50 bits per heavy atom. The van der Waals surface area contributed by atoms with Gasteiger partial charge >= 0.3 is 5.97 Å². The third kappa shape index (κ3) is 1.87. The average molecular weight is 187 g/mol. The Bertz CT molecular complexity index is 188. The van der Waals surface area contributed by atoms with Crippen molar-refractivity contribution in [3.8, 4) is 0 Å². The molecule has 0 aromatic carbocycles. The number of nitrogens with one attached hydrogen (secondary N) is 1. The lowest BCUT2D eigenvalue weighted by molar-refractivity contribution is -0.139. The summed E-state index contributed by atoms with van der Waals surface area (Å²) < 4.78 is 0. The summed E-state index contributed by atoms with van der Waals surface area (Å²) in [6, 6.07) is -0.281. The summed E-state index contributed by atoms with van der Waals surface area (Å²) in [7, 11) is -1.29. The third-order valence-electron chi connectivity index (χ3n) is 2.60. The molecule has 1 heterocycles. The minimum absolute atomic E-state index is 0.281. The fourth-order valence-corrected chi connectivity index (χ4v) is 4.17. The number of carboxylic acid groups (broad SMARTS) is 1. The summed E-state index contributed by atoms with van der Waals surface area (Å²) in [4.78, 5) is 10.8. The SMILES string of the molecule is C[Si](C)(C)[C@H]1CCN[C@H]1C(=O)O. The molecule has 1 aliphatic rings. The van der Waals surface area contributed by atoms with Gasteiger partial charge in [-0.1, -0.05) is 19.6 Å². The highest BCUT2D eigenvalue weighted by Crippen LogP contribution is 2.32. The molecule has 0 spiro atoms.